The third-order valence-corrected chi connectivity index (χ3v) is 3.43. The molecule has 0 heterocycles. The van der Waals surface area contributed by atoms with Gasteiger partial charge in [-0.2, -0.15) is 0 Å². The minimum Gasteiger partial charge on any atom is -0.349 e. The third kappa shape index (κ3) is 5.28. The molecule has 0 bridgehead atoms. The molecule has 0 atom stereocenters. The zero-order valence-electron chi connectivity index (χ0n) is 14.5. The van der Waals surface area contributed by atoms with Gasteiger partial charge >= 0.3 is 0 Å². The topological polar surface area (TPSA) is 58.2 Å². The van der Waals surface area contributed by atoms with Gasteiger partial charge in [-0.1, -0.05) is 35.9 Å². The smallest absolute Gasteiger partial charge is 0.268 e. The average molecular weight is 340 g/mol. The Kier molecular flexibility index (Phi) is 6.06. The van der Waals surface area contributed by atoms with Crippen molar-refractivity contribution in [3.63, 3.8) is 0 Å². The first kappa shape index (κ1) is 18.4. The molecule has 5 heteroatoms. The number of aryl methyl sites for hydroxylation is 1. The van der Waals surface area contributed by atoms with Crippen molar-refractivity contribution in [2.24, 2.45) is 0 Å². The van der Waals surface area contributed by atoms with Gasteiger partial charge in [-0.05, 0) is 45.0 Å². The van der Waals surface area contributed by atoms with Crippen LogP contribution in [-0.4, -0.2) is 17.9 Å². The summed E-state index contributed by atoms with van der Waals surface area (Å²) in [6.45, 7) is 5.53. The van der Waals surface area contributed by atoms with Crippen molar-refractivity contribution in [1.82, 2.24) is 10.6 Å². The van der Waals surface area contributed by atoms with Crippen LogP contribution in [0.3, 0.4) is 0 Å². The van der Waals surface area contributed by atoms with E-state index in [0.717, 1.165) is 5.56 Å². The van der Waals surface area contributed by atoms with Crippen LogP contribution in [0, 0.1) is 12.7 Å². The molecule has 2 aromatic carbocycles. The standard InChI is InChI=1S/C20H21FN2O2/c1-13(2)22-20(25)18(12-16-6-4-5-7-17(16)21)23-19(24)15-10-8-14(3)9-11-15/h4-13H,1-3H3,(H,22,25)(H,23,24)/b18-12+. The largest absolute Gasteiger partial charge is 0.349 e. The molecule has 130 valence electrons. The normalized spacial score (nSPS) is 11.3. The minimum absolute atomic E-state index is 0.00984. The zero-order valence-corrected chi connectivity index (χ0v) is 14.5. The lowest BCUT2D eigenvalue weighted by molar-refractivity contribution is -0.118. The number of amides is 2. The highest BCUT2D eigenvalue weighted by molar-refractivity contribution is 6.05. The molecular formula is C20H21FN2O2. The molecule has 4 nitrogen and oxygen atoms in total. The molecule has 2 N–H and O–H groups in total. The van der Waals surface area contributed by atoms with Crippen molar-refractivity contribution in [2.45, 2.75) is 26.8 Å². The lowest BCUT2D eigenvalue weighted by Gasteiger charge is -2.13. The Morgan fingerprint density at radius 1 is 1.04 bits per heavy atom. The van der Waals surface area contributed by atoms with Gasteiger partial charge in [-0.25, -0.2) is 4.39 Å². The highest BCUT2D eigenvalue weighted by atomic mass is 19.1. The quantitative estimate of drug-likeness (QED) is 0.819. The maximum absolute atomic E-state index is 13.9. The van der Waals surface area contributed by atoms with E-state index in [1.54, 1.807) is 38.1 Å². The van der Waals surface area contributed by atoms with E-state index in [9.17, 15) is 14.0 Å². The van der Waals surface area contributed by atoms with Crippen LogP contribution in [0.1, 0.15) is 35.3 Å². The Hall–Kier alpha value is -2.95. The number of benzene rings is 2. The Morgan fingerprint density at radius 2 is 1.68 bits per heavy atom. The Bertz CT molecular complexity index is 796. The van der Waals surface area contributed by atoms with Crippen LogP contribution in [0.25, 0.3) is 6.08 Å². The number of halogens is 1. The first-order chi connectivity index (χ1) is 11.9. The van der Waals surface area contributed by atoms with E-state index in [0.29, 0.717) is 5.56 Å². The third-order valence-electron chi connectivity index (χ3n) is 3.43. The summed E-state index contributed by atoms with van der Waals surface area (Å²) in [5.41, 5.74) is 1.66. The van der Waals surface area contributed by atoms with Crippen molar-refractivity contribution in [2.75, 3.05) is 0 Å². The van der Waals surface area contributed by atoms with E-state index in [1.165, 1.54) is 18.2 Å². The fourth-order valence-corrected chi connectivity index (χ4v) is 2.15. The number of hydrogen-bond donors (Lipinski definition) is 2. The van der Waals surface area contributed by atoms with Crippen LogP contribution in [0.5, 0.6) is 0 Å². The maximum Gasteiger partial charge on any atom is 0.268 e. The fraction of sp³-hybridized carbons (Fsp3) is 0.200. The molecule has 25 heavy (non-hydrogen) atoms. The summed E-state index contributed by atoms with van der Waals surface area (Å²) in [6, 6.07) is 12.9. The molecular weight excluding hydrogens is 319 g/mol. The monoisotopic (exact) mass is 340 g/mol. The molecule has 0 spiro atoms. The van der Waals surface area contributed by atoms with Gasteiger partial charge in [0.25, 0.3) is 11.8 Å². The van der Waals surface area contributed by atoms with E-state index in [-0.39, 0.29) is 17.3 Å². The van der Waals surface area contributed by atoms with Gasteiger partial charge in [-0.15, -0.1) is 0 Å². The van der Waals surface area contributed by atoms with E-state index in [4.69, 9.17) is 0 Å². The first-order valence-electron chi connectivity index (χ1n) is 8.02. The van der Waals surface area contributed by atoms with Gasteiger partial charge in [0.05, 0.1) is 0 Å². The summed E-state index contributed by atoms with van der Waals surface area (Å²) in [5, 5.41) is 5.28. The molecule has 0 aliphatic rings. The van der Waals surface area contributed by atoms with Crippen LogP contribution >= 0.6 is 0 Å². The second kappa shape index (κ2) is 8.24. The molecule has 0 aliphatic heterocycles. The van der Waals surface area contributed by atoms with Gasteiger partial charge in [0.15, 0.2) is 0 Å². The van der Waals surface area contributed by atoms with Crippen molar-refractivity contribution >= 4 is 17.9 Å². The summed E-state index contributed by atoms with van der Waals surface area (Å²) >= 11 is 0. The fourth-order valence-electron chi connectivity index (χ4n) is 2.15. The van der Waals surface area contributed by atoms with Crippen molar-refractivity contribution in [1.29, 1.82) is 0 Å². The number of carbonyl (C=O) groups is 2. The molecule has 2 aromatic rings. The summed E-state index contributed by atoms with van der Waals surface area (Å²) in [7, 11) is 0. The highest BCUT2D eigenvalue weighted by Crippen LogP contribution is 2.12. The van der Waals surface area contributed by atoms with E-state index < -0.39 is 17.6 Å². The first-order valence-corrected chi connectivity index (χ1v) is 8.02. The molecule has 2 rings (SSSR count). The predicted molar refractivity (Wildman–Crippen MR) is 96.3 cm³/mol. The molecule has 0 aromatic heterocycles. The zero-order chi connectivity index (χ0) is 18.4. The molecule has 2 amide bonds. The summed E-state index contributed by atoms with van der Waals surface area (Å²) < 4.78 is 13.9. The number of nitrogens with one attached hydrogen (secondary N) is 2. The van der Waals surface area contributed by atoms with Crippen molar-refractivity contribution < 1.29 is 14.0 Å². The van der Waals surface area contributed by atoms with Crippen LogP contribution in [0.4, 0.5) is 4.39 Å². The molecule has 0 unspecified atom stereocenters. The van der Waals surface area contributed by atoms with Gasteiger partial charge < -0.3 is 10.6 Å². The molecule has 0 aliphatic carbocycles. The molecule has 0 saturated carbocycles. The van der Waals surface area contributed by atoms with Crippen molar-refractivity contribution in [3.8, 4) is 0 Å². The van der Waals surface area contributed by atoms with Crippen LogP contribution < -0.4 is 10.6 Å². The SMILES string of the molecule is Cc1ccc(C(=O)N/C(=C/c2ccccc2F)C(=O)NC(C)C)cc1. The minimum atomic E-state index is -0.473. The summed E-state index contributed by atoms with van der Waals surface area (Å²) in [6.07, 6.45) is 1.33. The Balaban J connectivity index is 2.31. The van der Waals surface area contributed by atoms with E-state index in [1.807, 2.05) is 19.1 Å². The van der Waals surface area contributed by atoms with Gasteiger partial charge in [0.1, 0.15) is 11.5 Å². The van der Waals surface area contributed by atoms with E-state index >= 15 is 0 Å². The van der Waals surface area contributed by atoms with Gasteiger partial charge in [0.2, 0.25) is 0 Å². The van der Waals surface area contributed by atoms with Crippen LogP contribution in [0.15, 0.2) is 54.2 Å². The van der Waals surface area contributed by atoms with E-state index in [2.05, 4.69) is 10.6 Å². The van der Waals surface area contributed by atoms with Crippen LogP contribution in [-0.2, 0) is 4.79 Å². The average Bonchev–Trinajstić information content (AvgIpc) is 2.56. The van der Waals surface area contributed by atoms with Gasteiger partial charge in [-0.3, -0.25) is 9.59 Å². The number of rotatable bonds is 5. The molecule has 0 saturated heterocycles. The Labute approximate surface area is 146 Å². The second-order valence-electron chi connectivity index (χ2n) is 6.03. The van der Waals surface area contributed by atoms with Crippen LogP contribution in [0.2, 0.25) is 0 Å². The number of carbonyl (C=O) groups excluding carboxylic acids is 2. The molecule has 0 fully saturated rings. The summed E-state index contributed by atoms with van der Waals surface area (Å²) in [4.78, 5) is 24.8. The van der Waals surface area contributed by atoms with Gasteiger partial charge in [0, 0.05) is 17.2 Å². The summed E-state index contributed by atoms with van der Waals surface area (Å²) in [5.74, 6) is -1.37. The Morgan fingerprint density at radius 3 is 2.28 bits per heavy atom. The second-order valence-corrected chi connectivity index (χ2v) is 6.03. The molecule has 0 radical (unpaired) electrons. The highest BCUT2D eigenvalue weighted by Gasteiger charge is 2.16. The maximum atomic E-state index is 13.9. The number of hydrogen-bond acceptors (Lipinski definition) is 2. The lowest BCUT2D eigenvalue weighted by Crippen LogP contribution is -2.38. The van der Waals surface area contributed by atoms with Crippen molar-refractivity contribution in [3.05, 3.63) is 76.7 Å². The predicted octanol–water partition coefficient (Wildman–Crippen LogP) is 3.43. The lowest BCUT2D eigenvalue weighted by atomic mass is 10.1.